The third-order valence-electron chi connectivity index (χ3n) is 3.34. The van der Waals surface area contributed by atoms with E-state index < -0.39 is 11.9 Å². The predicted molar refractivity (Wildman–Crippen MR) is 83.2 cm³/mol. The number of carbonyl (C=O) groups excluding carboxylic acids is 1. The minimum absolute atomic E-state index is 0.523. The Hall–Kier alpha value is -2.07. The van der Waals surface area contributed by atoms with Crippen molar-refractivity contribution in [3.05, 3.63) is 59.2 Å². The van der Waals surface area contributed by atoms with Crippen LogP contribution in [0.1, 0.15) is 34.3 Å². The van der Waals surface area contributed by atoms with Gasteiger partial charge in [-0.3, -0.25) is 9.59 Å². The second kappa shape index (κ2) is 6.59. The molecular weight excluding hydrogens is 284 g/mol. The van der Waals surface area contributed by atoms with Gasteiger partial charge in [0.1, 0.15) is 0 Å². The monoisotopic (exact) mass is 300 g/mol. The van der Waals surface area contributed by atoms with Crippen molar-refractivity contribution in [3.8, 4) is 0 Å². The van der Waals surface area contributed by atoms with E-state index in [1.807, 2.05) is 43.3 Å². The van der Waals surface area contributed by atoms with Crippen LogP contribution in [0.3, 0.4) is 0 Å². The number of aryl methyl sites for hydroxylation is 1. The van der Waals surface area contributed by atoms with Crippen molar-refractivity contribution in [2.24, 2.45) is 0 Å². The molecule has 1 unspecified atom stereocenters. The van der Waals surface area contributed by atoms with E-state index >= 15 is 0 Å². The Bertz CT molecular complexity index is 679. The lowest BCUT2D eigenvalue weighted by molar-refractivity contribution is -0.138. The average molecular weight is 300 g/mol. The molecule has 2 aromatic rings. The third-order valence-corrected chi connectivity index (χ3v) is 4.60. The molecule has 2 aromatic carbocycles. The molecule has 0 aromatic heterocycles. The Kier molecular flexibility index (Phi) is 4.81. The molecule has 1 N–H and O–H groups in total. The van der Waals surface area contributed by atoms with Gasteiger partial charge in [0.2, 0.25) is 0 Å². The first kappa shape index (κ1) is 15.3. The first-order chi connectivity index (χ1) is 10.0. The quantitative estimate of drug-likeness (QED) is 0.843. The van der Waals surface area contributed by atoms with Crippen LogP contribution in [0.4, 0.5) is 0 Å². The summed E-state index contributed by atoms with van der Waals surface area (Å²) in [5.41, 5.74) is 2.45. The summed E-state index contributed by atoms with van der Waals surface area (Å²) < 4.78 is 0. The number of hydrogen-bond acceptors (Lipinski definition) is 3. The van der Waals surface area contributed by atoms with Crippen LogP contribution >= 0.6 is 11.8 Å². The lowest BCUT2D eigenvalue weighted by Crippen LogP contribution is -2.07. The summed E-state index contributed by atoms with van der Waals surface area (Å²) in [5, 5.41) is 9.06. The molecule has 2 rings (SSSR count). The van der Waals surface area contributed by atoms with Gasteiger partial charge in [-0.25, -0.2) is 0 Å². The third kappa shape index (κ3) is 3.52. The van der Waals surface area contributed by atoms with Crippen LogP contribution in [0.25, 0.3) is 0 Å². The zero-order valence-electron chi connectivity index (χ0n) is 11.9. The second-order valence-electron chi connectivity index (χ2n) is 4.84. The predicted octanol–water partition coefficient (Wildman–Crippen LogP) is 4.15. The largest absolute Gasteiger partial charge is 0.481 e. The summed E-state index contributed by atoms with van der Waals surface area (Å²) in [4.78, 5) is 24.0. The summed E-state index contributed by atoms with van der Waals surface area (Å²) in [6, 6.07) is 13.1. The van der Waals surface area contributed by atoms with Crippen molar-refractivity contribution < 1.29 is 14.7 Å². The van der Waals surface area contributed by atoms with Gasteiger partial charge >= 0.3 is 5.97 Å². The van der Waals surface area contributed by atoms with E-state index in [0.29, 0.717) is 5.56 Å². The molecule has 0 radical (unpaired) electrons. The number of aliphatic carboxylic acids is 1. The molecule has 0 bridgehead atoms. The van der Waals surface area contributed by atoms with E-state index in [1.165, 1.54) is 11.8 Å². The molecule has 0 aliphatic carbocycles. The zero-order chi connectivity index (χ0) is 15.4. The number of carboxylic acids is 1. The number of carboxylic acid groups (broad SMARTS) is 1. The Morgan fingerprint density at radius 1 is 1.19 bits per heavy atom. The van der Waals surface area contributed by atoms with Gasteiger partial charge in [0.05, 0.1) is 5.92 Å². The lowest BCUT2D eigenvalue weighted by Gasteiger charge is -2.11. The Morgan fingerprint density at radius 3 is 2.52 bits per heavy atom. The number of benzene rings is 2. The van der Waals surface area contributed by atoms with Gasteiger partial charge in [-0.2, -0.15) is 0 Å². The van der Waals surface area contributed by atoms with Crippen LogP contribution in [-0.4, -0.2) is 17.4 Å². The van der Waals surface area contributed by atoms with Gasteiger partial charge in [0.25, 0.3) is 0 Å². The number of aldehydes is 1. The molecule has 0 amide bonds. The highest BCUT2D eigenvalue weighted by Crippen LogP contribution is 2.33. The molecule has 0 aliphatic heterocycles. The maximum atomic E-state index is 11.0. The van der Waals surface area contributed by atoms with Crippen molar-refractivity contribution >= 4 is 24.0 Å². The van der Waals surface area contributed by atoms with Crippen molar-refractivity contribution in [1.82, 2.24) is 0 Å². The maximum absolute atomic E-state index is 11.0. The highest BCUT2D eigenvalue weighted by molar-refractivity contribution is 7.99. The zero-order valence-corrected chi connectivity index (χ0v) is 12.7. The Balaban J connectivity index is 2.30. The molecular formula is C17H16O3S. The maximum Gasteiger partial charge on any atom is 0.310 e. The minimum atomic E-state index is -0.832. The van der Waals surface area contributed by atoms with E-state index in [4.69, 9.17) is 5.11 Å². The molecule has 0 heterocycles. The Morgan fingerprint density at radius 2 is 1.90 bits per heavy atom. The molecule has 1 atom stereocenters. The fourth-order valence-electron chi connectivity index (χ4n) is 1.99. The molecule has 3 nitrogen and oxygen atoms in total. The van der Waals surface area contributed by atoms with E-state index in [1.54, 1.807) is 13.0 Å². The number of hydrogen-bond donors (Lipinski definition) is 1. The van der Waals surface area contributed by atoms with Crippen LogP contribution in [0.5, 0.6) is 0 Å². The summed E-state index contributed by atoms with van der Waals surface area (Å²) in [5.74, 6) is -1.36. The van der Waals surface area contributed by atoms with E-state index in [9.17, 15) is 9.59 Å². The molecule has 0 spiro atoms. The number of rotatable bonds is 5. The van der Waals surface area contributed by atoms with Gasteiger partial charge < -0.3 is 5.11 Å². The highest BCUT2D eigenvalue weighted by atomic mass is 32.2. The number of carbonyl (C=O) groups is 2. The van der Waals surface area contributed by atoms with Gasteiger partial charge in [-0.15, -0.1) is 0 Å². The average Bonchev–Trinajstić information content (AvgIpc) is 2.49. The molecule has 21 heavy (non-hydrogen) atoms. The van der Waals surface area contributed by atoms with Crippen molar-refractivity contribution in [2.45, 2.75) is 29.6 Å². The van der Waals surface area contributed by atoms with Crippen molar-refractivity contribution in [2.75, 3.05) is 0 Å². The molecule has 4 heteroatoms. The summed E-state index contributed by atoms with van der Waals surface area (Å²) in [6.07, 6.45) is 0.846. The first-order valence-corrected chi connectivity index (χ1v) is 7.40. The van der Waals surface area contributed by atoms with Crippen LogP contribution in [-0.2, 0) is 4.79 Å². The van der Waals surface area contributed by atoms with Crippen LogP contribution in [0.15, 0.2) is 52.3 Å². The smallest absolute Gasteiger partial charge is 0.310 e. The lowest BCUT2D eigenvalue weighted by atomic mass is 10.00. The molecule has 0 fully saturated rings. The second-order valence-corrected chi connectivity index (χ2v) is 5.93. The fourth-order valence-corrected chi connectivity index (χ4v) is 2.96. The van der Waals surface area contributed by atoms with E-state index in [2.05, 4.69) is 0 Å². The molecule has 0 saturated heterocycles. The Labute approximate surface area is 128 Å². The van der Waals surface area contributed by atoms with Crippen LogP contribution in [0, 0.1) is 6.92 Å². The SMILES string of the molecule is Cc1cc(C(C)C(=O)O)ccc1Sc1ccccc1C=O. The van der Waals surface area contributed by atoms with Gasteiger partial charge in [0, 0.05) is 15.4 Å². The van der Waals surface area contributed by atoms with Crippen molar-refractivity contribution in [1.29, 1.82) is 0 Å². The van der Waals surface area contributed by atoms with E-state index in [0.717, 1.165) is 27.2 Å². The van der Waals surface area contributed by atoms with Gasteiger partial charge in [0.15, 0.2) is 6.29 Å². The van der Waals surface area contributed by atoms with Crippen LogP contribution < -0.4 is 0 Å². The van der Waals surface area contributed by atoms with Crippen molar-refractivity contribution in [3.63, 3.8) is 0 Å². The standard InChI is InChI=1S/C17H16O3S/c1-11-9-13(12(2)17(19)20)7-8-15(11)21-16-6-4-3-5-14(16)10-18/h3-10,12H,1-2H3,(H,19,20). The molecule has 0 aliphatic rings. The van der Waals surface area contributed by atoms with E-state index in [-0.39, 0.29) is 0 Å². The fraction of sp³-hybridized carbons (Fsp3) is 0.176. The van der Waals surface area contributed by atoms with Gasteiger partial charge in [-0.1, -0.05) is 42.1 Å². The topological polar surface area (TPSA) is 54.4 Å². The highest BCUT2D eigenvalue weighted by Gasteiger charge is 2.15. The summed E-state index contributed by atoms with van der Waals surface area (Å²) in [7, 11) is 0. The first-order valence-electron chi connectivity index (χ1n) is 6.58. The normalized spacial score (nSPS) is 11.9. The van der Waals surface area contributed by atoms with Gasteiger partial charge in [-0.05, 0) is 37.1 Å². The minimum Gasteiger partial charge on any atom is -0.481 e. The molecule has 0 saturated carbocycles. The summed E-state index contributed by atoms with van der Waals surface area (Å²) >= 11 is 1.52. The van der Waals surface area contributed by atoms with Crippen LogP contribution in [0.2, 0.25) is 0 Å². The molecule has 108 valence electrons. The summed E-state index contributed by atoms with van der Waals surface area (Å²) in [6.45, 7) is 3.62.